The molecule has 9 heteroatoms. The van der Waals surface area contributed by atoms with Crippen molar-refractivity contribution in [3.8, 4) is 0 Å². The number of hydrogen-bond donors (Lipinski definition) is 1. The Morgan fingerprint density at radius 2 is 2.00 bits per heavy atom. The summed E-state index contributed by atoms with van der Waals surface area (Å²) in [6.45, 7) is 7.77. The van der Waals surface area contributed by atoms with Crippen LogP contribution in [0.5, 0.6) is 0 Å². The highest BCUT2D eigenvalue weighted by Crippen LogP contribution is 2.15. The van der Waals surface area contributed by atoms with E-state index in [0.29, 0.717) is 47.4 Å². The largest absolute Gasteiger partial charge is 0.360 e. The zero-order valence-corrected chi connectivity index (χ0v) is 17.3. The van der Waals surface area contributed by atoms with E-state index in [1.165, 1.54) is 4.57 Å². The van der Waals surface area contributed by atoms with Crippen LogP contribution < -0.4 is 5.56 Å². The van der Waals surface area contributed by atoms with Gasteiger partial charge in [0.25, 0.3) is 11.5 Å². The zero-order valence-electron chi connectivity index (χ0n) is 16.5. The van der Waals surface area contributed by atoms with Gasteiger partial charge >= 0.3 is 0 Å². The molecule has 2 aromatic heterocycles. The molecule has 1 aliphatic heterocycles. The summed E-state index contributed by atoms with van der Waals surface area (Å²) in [5.74, 6) is 0.797. The van der Waals surface area contributed by atoms with E-state index < -0.39 is 0 Å². The van der Waals surface area contributed by atoms with Crippen LogP contribution in [-0.4, -0.2) is 56.6 Å². The molecule has 152 valence electrons. The topological polar surface area (TPSA) is 87.4 Å². The SMILES string of the molecule is CCn1c(=S)[nH]c2cc(C(=O)N3CCN(Cc4cc(C)no4)CC3)ccc2c1=O. The van der Waals surface area contributed by atoms with Crippen molar-refractivity contribution in [1.29, 1.82) is 0 Å². The van der Waals surface area contributed by atoms with Gasteiger partial charge in [-0.15, -0.1) is 0 Å². The average molecular weight is 414 g/mol. The van der Waals surface area contributed by atoms with Gasteiger partial charge in [0, 0.05) is 44.4 Å². The first kappa shape index (κ1) is 19.5. The molecule has 29 heavy (non-hydrogen) atoms. The Morgan fingerprint density at radius 3 is 2.66 bits per heavy atom. The molecule has 0 bridgehead atoms. The van der Waals surface area contributed by atoms with Crippen molar-refractivity contribution in [2.45, 2.75) is 26.9 Å². The number of fused-ring (bicyclic) bond motifs is 1. The lowest BCUT2D eigenvalue weighted by Gasteiger charge is -2.34. The predicted octanol–water partition coefficient (Wildman–Crippen LogP) is 2.33. The van der Waals surface area contributed by atoms with Crippen LogP contribution >= 0.6 is 12.2 Å². The van der Waals surface area contributed by atoms with Crippen LogP contribution in [0.1, 0.15) is 28.7 Å². The molecule has 0 unspecified atom stereocenters. The summed E-state index contributed by atoms with van der Waals surface area (Å²) in [6.07, 6.45) is 0. The summed E-state index contributed by atoms with van der Waals surface area (Å²) >= 11 is 5.26. The summed E-state index contributed by atoms with van der Waals surface area (Å²) in [5.41, 5.74) is 1.88. The summed E-state index contributed by atoms with van der Waals surface area (Å²) in [5, 5.41) is 4.44. The lowest BCUT2D eigenvalue weighted by atomic mass is 10.1. The van der Waals surface area contributed by atoms with E-state index >= 15 is 0 Å². The number of H-pyrrole nitrogens is 1. The van der Waals surface area contributed by atoms with Crippen molar-refractivity contribution in [1.82, 2.24) is 24.5 Å². The number of nitrogens with one attached hydrogen (secondary N) is 1. The van der Waals surface area contributed by atoms with Gasteiger partial charge in [-0.1, -0.05) is 5.16 Å². The normalized spacial score (nSPS) is 15.2. The molecule has 8 nitrogen and oxygen atoms in total. The number of carbonyl (C=O) groups is 1. The molecular formula is C20H23N5O3S. The molecule has 1 fully saturated rings. The summed E-state index contributed by atoms with van der Waals surface area (Å²) in [4.78, 5) is 32.6. The molecule has 0 radical (unpaired) electrons. The molecule has 0 spiro atoms. The van der Waals surface area contributed by atoms with Gasteiger partial charge in [-0.25, -0.2) is 0 Å². The minimum Gasteiger partial charge on any atom is -0.360 e. The molecule has 1 aliphatic rings. The van der Waals surface area contributed by atoms with Crippen molar-refractivity contribution in [2.75, 3.05) is 26.2 Å². The van der Waals surface area contributed by atoms with Crippen LogP contribution in [0.25, 0.3) is 10.9 Å². The molecule has 1 N–H and O–H groups in total. The molecule has 1 saturated heterocycles. The standard InChI is InChI=1S/C20H23N5O3S/c1-3-25-19(27)16-5-4-14(11-17(16)21-20(25)29)18(26)24-8-6-23(7-9-24)12-15-10-13(2)22-28-15/h4-5,10-11H,3,6-9,12H2,1-2H3,(H,21,29). The van der Waals surface area contributed by atoms with Crippen molar-refractivity contribution >= 4 is 29.0 Å². The van der Waals surface area contributed by atoms with Gasteiger partial charge in [0.15, 0.2) is 10.5 Å². The fourth-order valence-electron chi connectivity index (χ4n) is 3.68. The van der Waals surface area contributed by atoms with Crippen LogP contribution in [-0.2, 0) is 13.1 Å². The number of benzene rings is 1. The van der Waals surface area contributed by atoms with Crippen LogP contribution in [0, 0.1) is 11.7 Å². The third kappa shape index (κ3) is 3.88. The van der Waals surface area contributed by atoms with Crippen molar-refractivity contribution < 1.29 is 9.32 Å². The third-order valence-corrected chi connectivity index (χ3v) is 5.58. The maximum Gasteiger partial charge on any atom is 0.262 e. The Bertz CT molecular complexity index is 1170. The van der Waals surface area contributed by atoms with Gasteiger partial charge in [-0.05, 0) is 44.3 Å². The van der Waals surface area contributed by atoms with Gasteiger partial charge in [-0.3, -0.25) is 19.1 Å². The van der Waals surface area contributed by atoms with Crippen molar-refractivity contribution in [3.05, 3.63) is 56.4 Å². The van der Waals surface area contributed by atoms with Gasteiger partial charge in [0.2, 0.25) is 0 Å². The molecule has 1 aromatic carbocycles. The smallest absolute Gasteiger partial charge is 0.262 e. The van der Waals surface area contributed by atoms with Crippen LogP contribution in [0.4, 0.5) is 0 Å². The highest BCUT2D eigenvalue weighted by molar-refractivity contribution is 7.71. The number of rotatable bonds is 4. The van der Waals surface area contributed by atoms with Crippen molar-refractivity contribution in [3.63, 3.8) is 0 Å². The molecule has 4 rings (SSSR count). The van der Waals surface area contributed by atoms with Crippen LogP contribution in [0.3, 0.4) is 0 Å². The second-order valence-electron chi connectivity index (χ2n) is 7.24. The Hall–Kier alpha value is -2.78. The fourth-order valence-corrected chi connectivity index (χ4v) is 4.00. The number of aryl methyl sites for hydroxylation is 1. The van der Waals surface area contributed by atoms with Crippen LogP contribution in [0.2, 0.25) is 0 Å². The highest BCUT2D eigenvalue weighted by Gasteiger charge is 2.23. The van der Waals surface area contributed by atoms with E-state index in [-0.39, 0.29) is 11.5 Å². The predicted molar refractivity (Wildman–Crippen MR) is 111 cm³/mol. The number of hydrogen-bond acceptors (Lipinski definition) is 6. The lowest BCUT2D eigenvalue weighted by molar-refractivity contribution is 0.0617. The minimum atomic E-state index is -0.137. The molecule has 0 saturated carbocycles. The Morgan fingerprint density at radius 1 is 1.24 bits per heavy atom. The maximum atomic E-state index is 13.0. The zero-order chi connectivity index (χ0) is 20.5. The first-order valence-corrected chi connectivity index (χ1v) is 10.1. The quantitative estimate of drug-likeness (QED) is 0.661. The highest BCUT2D eigenvalue weighted by atomic mass is 32.1. The van der Waals surface area contributed by atoms with E-state index in [1.807, 2.05) is 24.8 Å². The number of piperazine rings is 1. The van der Waals surface area contributed by atoms with Crippen LogP contribution in [0.15, 0.2) is 33.6 Å². The fraction of sp³-hybridized carbons (Fsp3) is 0.400. The minimum absolute atomic E-state index is 0.0407. The van der Waals surface area contributed by atoms with E-state index in [0.717, 1.165) is 24.5 Å². The monoisotopic (exact) mass is 413 g/mol. The Balaban J connectivity index is 1.48. The second-order valence-corrected chi connectivity index (χ2v) is 7.63. The summed E-state index contributed by atoms with van der Waals surface area (Å²) < 4.78 is 7.15. The number of aromatic nitrogens is 3. The summed E-state index contributed by atoms with van der Waals surface area (Å²) in [7, 11) is 0. The summed E-state index contributed by atoms with van der Waals surface area (Å²) in [6, 6.07) is 7.07. The van der Waals surface area contributed by atoms with Gasteiger partial charge < -0.3 is 14.4 Å². The Labute approximate surface area is 172 Å². The maximum absolute atomic E-state index is 13.0. The van der Waals surface area contributed by atoms with E-state index in [2.05, 4.69) is 15.0 Å². The van der Waals surface area contributed by atoms with E-state index in [4.69, 9.17) is 16.7 Å². The van der Waals surface area contributed by atoms with E-state index in [9.17, 15) is 9.59 Å². The third-order valence-electron chi connectivity index (χ3n) is 5.26. The lowest BCUT2D eigenvalue weighted by Crippen LogP contribution is -2.48. The van der Waals surface area contributed by atoms with E-state index in [1.54, 1.807) is 18.2 Å². The first-order chi connectivity index (χ1) is 14.0. The van der Waals surface area contributed by atoms with Gasteiger partial charge in [0.1, 0.15) is 0 Å². The van der Waals surface area contributed by atoms with Gasteiger partial charge in [0.05, 0.1) is 23.1 Å². The number of aromatic amines is 1. The number of nitrogens with zero attached hydrogens (tertiary/aromatic N) is 4. The number of amides is 1. The molecule has 0 aliphatic carbocycles. The number of carbonyl (C=O) groups excluding carboxylic acids is 1. The average Bonchev–Trinajstić information content (AvgIpc) is 3.12. The van der Waals surface area contributed by atoms with Gasteiger partial charge in [-0.2, -0.15) is 0 Å². The molecule has 3 heterocycles. The van der Waals surface area contributed by atoms with Crippen molar-refractivity contribution in [2.24, 2.45) is 0 Å². The molecule has 3 aromatic rings. The molecule has 0 atom stereocenters. The molecular weight excluding hydrogens is 390 g/mol. The molecule has 1 amide bonds. The Kier molecular flexibility index (Phi) is 5.33. The second kappa shape index (κ2) is 7.92. The first-order valence-electron chi connectivity index (χ1n) is 9.67.